The fraction of sp³-hybridized carbons (Fsp3) is 0.722. The minimum Gasteiger partial charge on any atom is -0.466 e. The maximum atomic E-state index is 11.7. The molecule has 2 nitrogen and oxygen atoms in total. The van der Waals surface area contributed by atoms with Crippen LogP contribution in [0.5, 0.6) is 0 Å². The highest BCUT2D eigenvalue weighted by Crippen LogP contribution is 2.52. The predicted molar refractivity (Wildman–Crippen MR) is 80.1 cm³/mol. The van der Waals surface area contributed by atoms with Crippen LogP contribution in [0.25, 0.3) is 0 Å². The van der Waals surface area contributed by atoms with Gasteiger partial charge in [-0.05, 0) is 69.6 Å². The summed E-state index contributed by atoms with van der Waals surface area (Å²) in [6.45, 7) is 4.40. The van der Waals surface area contributed by atoms with E-state index in [1.807, 2.05) is 13.8 Å². The number of allylic oxidation sites excluding steroid dienone is 4. The standard InChI is InChI=1S/C11H16O2.C7H10/c1-3-13-10(12)11(2)7-8-4-5-9(11)6-8;1-2-7-4-3-6(1)5-7/h4-5,8-9H,3,6-7H2,1-2H3;1-2,6-7H,3-5H2. The number of hydrogen-bond donors (Lipinski definition) is 0. The van der Waals surface area contributed by atoms with Crippen LogP contribution in [0.2, 0.25) is 0 Å². The Bertz CT molecular complexity index is 425. The van der Waals surface area contributed by atoms with Crippen LogP contribution in [-0.2, 0) is 9.53 Å². The Balaban J connectivity index is 0.000000144. The fourth-order valence-electron chi connectivity index (χ4n) is 4.34. The number of hydrogen-bond acceptors (Lipinski definition) is 2. The summed E-state index contributed by atoms with van der Waals surface area (Å²) in [4.78, 5) is 11.7. The molecule has 0 radical (unpaired) electrons. The Hall–Kier alpha value is -1.05. The van der Waals surface area contributed by atoms with Crippen molar-refractivity contribution < 1.29 is 9.53 Å². The fourth-order valence-corrected chi connectivity index (χ4v) is 4.34. The van der Waals surface area contributed by atoms with Gasteiger partial charge in [-0.15, -0.1) is 0 Å². The highest BCUT2D eigenvalue weighted by molar-refractivity contribution is 5.78. The lowest BCUT2D eigenvalue weighted by atomic mass is 9.78. The minimum atomic E-state index is -0.227. The van der Waals surface area contributed by atoms with Gasteiger partial charge in [0.2, 0.25) is 0 Å². The van der Waals surface area contributed by atoms with Gasteiger partial charge in [0, 0.05) is 0 Å². The molecule has 0 aromatic heterocycles. The van der Waals surface area contributed by atoms with E-state index < -0.39 is 0 Å². The van der Waals surface area contributed by atoms with Gasteiger partial charge in [-0.3, -0.25) is 4.79 Å². The van der Waals surface area contributed by atoms with Crippen molar-refractivity contribution in [2.75, 3.05) is 6.61 Å². The van der Waals surface area contributed by atoms with Crippen LogP contribution in [0, 0.1) is 29.1 Å². The monoisotopic (exact) mass is 274 g/mol. The van der Waals surface area contributed by atoms with Gasteiger partial charge in [-0.2, -0.15) is 0 Å². The quantitative estimate of drug-likeness (QED) is 0.559. The van der Waals surface area contributed by atoms with E-state index in [0.29, 0.717) is 18.4 Å². The molecule has 4 aliphatic rings. The Morgan fingerprint density at radius 1 is 1.10 bits per heavy atom. The van der Waals surface area contributed by atoms with Crippen LogP contribution in [0.4, 0.5) is 0 Å². The van der Waals surface area contributed by atoms with E-state index in [0.717, 1.165) is 24.7 Å². The van der Waals surface area contributed by atoms with Gasteiger partial charge in [0.15, 0.2) is 0 Å². The molecule has 0 N–H and O–H groups in total. The molecule has 0 saturated heterocycles. The molecule has 20 heavy (non-hydrogen) atoms. The number of carbonyl (C=O) groups is 1. The number of fused-ring (bicyclic) bond motifs is 4. The first-order valence-corrected chi connectivity index (χ1v) is 8.15. The third-order valence-corrected chi connectivity index (χ3v) is 5.59. The molecule has 0 aromatic carbocycles. The molecule has 110 valence electrons. The van der Waals surface area contributed by atoms with Gasteiger partial charge in [0.1, 0.15) is 0 Å². The second-order valence-electron chi connectivity index (χ2n) is 7.05. The van der Waals surface area contributed by atoms with E-state index in [-0.39, 0.29) is 11.4 Å². The van der Waals surface area contributed by atoms with E-state index >= 15 is 0 Å². The molecule has 4 rings (SSSR count). The van der Waals surface area contributed by atoms with E-state index in [9.17, 15) is 4.79 Å². The molecule has 2 saturated carbocycles. The summed E-state index contributed by atoms with van der Waals surface area (Å²) >= 11 is 0. The smallest absolute Gasteiger partial charge is 0.312 e. The van der Waals surface area contributed by atoms with E-state index in [1.54, 1.807) is 0 Å². The largest absolute Gasteiger partial charge is 0.466 e. The molecule has 0 aliphatic heterocycles. The van der Waals surface area contributed by atoms with Gasteiger partial charge in [-0.25, -0.2) is 0 Å². The van der Waals surface area contributed by atoms with Gasteiger partial charge in [0.25, 0.3) is 0 Å². The van der Waals surface area contributed by atoms with E-state index in [2.05, 4.69) is 24.3 Å². The molecule has 5 atom stereocenters. The molecule has 4 bridgehead atoms. The van der Waals surface area contributed by atoms with Crippen molar-refractivity contribution in [1.82, 2.24) is 0 Å². The van der Waals surface area contributed by atoms with Crippen molar-refractivity contribution in [1.29, 1.82) is 0 Å². The van der Waals surface area contributed by atoms with Crippen LogP contribution in [0.3, 0.4) is 0 Å². The first-order valence-electron chi connectivity index (χ1n) is 8.15. The van der Waals surface area contributed by atoms with Crippen LogP contribution in [0.15, 0.2) is 24.3 Å². The molecular formula is C18H26O2. The highest BCUT2D eigenvalue weighted by Gasteiger charge is 2.50. The lowest BCUT2D eigenvalue weighted by molar-refractivity contribution is -0.155. The zero-order valence-corrected chi connectivity index (χ0v) is 12.7. The molecular weight excluding hydrogens is 248 g/mol. The first kappa shape index (κ1) is 13.9. The molecule has 0 aromatic rings. The molecule has 0 spiro atoms. The lowest BCUT2D eigenvalue weighted by Gasteiger charge is -2.28. The normalized spacial score (nSPS) is 42.7. The Morgan fingerprint density at radius 3 is 2.10 bits per heavy atom. The Labute approximate surface area is 122 Å². The third kappa shape index (κ3) is 2.45. The molecule has 0 heterocycles. The Kier molecular flexibility index (Phi) is 3.74. The molecule has 2 heteroatoms. The van der Waals surface area contributed by atoms with Gasteiger partial charge < -0.3 is 4.74 Å². The maximum absolute atomic E-state index is 11.7. The van der Waals surface area contributed by atoms with Crippen molar-refractivity contribution in [3.05, 3.63) is 24.3 Å². The topological polar surface area (TPSA) is 26.3 Å². The Morgan fingerprint density at radius 2 is 1.75 bits per heavy atom. The second-order valence-corrected chi connectivity index (χ2v) is 7.05. The summed E-state index contributed by atoms with van der Waals surface area (Å²) in [5, 5.41) is 0. The molecule has 2 fully saturated rings. The van der Waals surface area contributed by atoms with Crippen LogP contribution < -0.4 is 0 Å². The summed E-state index contributed by atoms with van der Waals surface area (Å²) in [5.41, 5.74) is -0.227. The average Bonchev–Trinajstić information content (AvgIpc) is 3.20. The number of rotatable bonds is 2. The van der Waals surface area contributed by atoms with Gasteiger partial charge >= 0.3 is 5.97 Å². The highest BCUT2D eigenvalue weighted by atomic mass is 16.5. The predicted octanol–water partition coefficient (Wildman–Crippen LogP) is 4.12. The lowest BCUT2D eigenvalue weighted by Crippen LogP contribution is -2.33. The van der Waals surface area contributed by atoms with E-state index in [4.69, 9.17) is 4.74 Å². The number of esters is 1. The third-order valence-electron chi connectivity index (χ3n) is 5.59. The van der Waals surface area contributed by atoms with Gasteiger partial charge in [0.05, 0.1) is 12.0 Å². The summed E-state index contributed by atoms with van der Waals surface area (Å²) in [6.07, 6.45) is 15.7. The minimum absolute atomic E-state index is 0.00755. The van der Waals surface area contributed by atoms with Crippen LogP contribution in [-0.4, -0.2) is 12.6 Å². The van der Waals surface area contributed by atoms with Crippen LogP contribution >= 0.6 is 0 Å². The van der Waals surface area contributed by atoms with Gasteiger partial charge in [-0.1, -0.05) is 24.3 Å². The molecule has 5 unspecified atom stereocenters. The number of ether oxygens (including phenoxy) is 1. The maximum Gasteiger partial charge on any atom is 0.312 e. The summed E-state index contributed by atoms with van der Waals surface area (Å²) in [5.74, 6) is 3.03. The van der Waals surface area contributed by atoms with Crippen LogP contribution in [0.1, 0.15) is 46.0 Å². The zero-order chi connectivity index (χ0) is 14.2. The molecule has 4 aliphatic carbocycles. The van der Waals surface area contributed by atoms with E-state index in [1.165, 1.54) is 19.3 Å². The summed E-state index contributed by atoms with van der Waals surface area (Å²) in [7, 11) is 0. The molecule has 0 amide bonds. The first-order chi connectivity index (χ1) is 9.61. The van der Waals surface area contributed by atoms with Crippen molar-refractivity contribution >= 4 is 5.97 Å². The van der Waals surface area contributed by atoms with Crippen molar-refractivity contribution in [3.63, 3.8) is 0 Å². The second kappa shape index (κ2) is 5.38. The zero-order valence-electron chi connectivity index (χ0n) is 12.7. The van der Waals surface area contributed by atoms with Crippen molar-refractivity contribution in [2.45, 2.75) is 46.0 Å². The van der Waals surface area contributed by atoms with Crippen molar-refractivity contribution in [2.24, 2.45) is 29.1 Å². The average molecular weight is 274 g/mol. The SMILES string of the molecule is C1=CC2CCC1C2.CCOC(=O)C1(C)CC2C=CC1C2. The summed E-state index contributed by atoms with van der Waals surface area (Å²) in [6, 6.07) is 0. The number of carbonyl (C=O) groups excluding carboxylic acids is 1. The van der Waals surface area contributed by atoms with Crippen molar-refractivity contribution in [3.8, 4) is 0 Å². The summed E-state index contributed by atoms with van der Waals surface area (Å²) < 4.78 is 5.11.